The molecule has 1 heterocycles. The van der Waals surface area contributed by atoms with Gasteiger partial charge in [-0.1, -0.05) is 0 Å². The van der Waals surface area contributed by atoms with Crippen molar-refractivity contribution in [3.8, 4) is 5.75 Å². The van der Waals surface area contributed by atoms with Gasteiger partial charge in [0.2, 0.25) is 0 Å². The molecule has 0 saturated heterocycles. The summed E-state index contributed by atoms with van der Waals surface area (Å²) in [6, 6.07) is 0. The molecule has 78 valence electrons. The Balaban J connectivity index is 2.65. The number of nitrogens with two attached hydrogens (primary N) is 1. The summed E-state index contributed by atoms with van der Waals surface area (Å²) in [6.07, 6.45) is 0. The van der Waals surface area contributed by atoms with Crippen LogP contribution in [-0.2, 0) is 5.75 Å². The molecule has 0 fully saturated rings. The molecule has 1 amide bonds. The molecular weight excluding hydrogens is 206 g/mol. The molecule has 0 radical (unpaired) electrons. The second kappa shape index (κ2) is 4.87. The Bertz CT molecular complexity index is 326. The van der Waals surface area contributed by atoms with Gasteiger partial charge in [-0.15, -0.1) is 0 Å². The molecule has 5 N–H and O–H groups in total. The third kappa shape index (κ3) is 2.39. The number of aliphatic hydroxyl groups is 1. The number of amides is 1. The quantitative estimate of drug-likeness (QED) is 0.494. The standard InChI is InChI=1S/C7H11N3O3S/c8-7(13)5-6(12)4(9-10-5)3-14-2-1-11/h11-12H,1-3H2,(H2,8,13)(H,9,10). The SMILES string of the molecule is NC(=O)c1[nH]nc(CSCCO)c1O. The van der Waals surface area contributed by atoms with E-state index in [1.807, 2.05) is 0 Å². The van der Waals surface area contributed by atoms with E-state index >= 15 is 0 Å². The van der Waals surface area contributed by atoms with Crippen LogP contribution in [-0.4, -0.2) is 38.7 Å². The van der Waals surface area contributed by atoms with E-state index in [4.69, 9.17) is 10.8 Å². The monoisotopic (exact) mass is 217 g/mol. The molecule has 0 saturated carbocycles. The number of nitrogens with one attached hydrogen (secondary N) is 1. The summed E-state index contributed by atoms with van der Waals surface area (Å²) in [4.78, 5) is 10.7. The first-order valence-electron chi connectivity index (χ1n) is 3.91. The van der Waals surface area contributed by atoms with E-state index in [-0.39, 0.29) is 18.1 Å². The minimum absolute atomic E-state index is 0.0680. The van der Waals surface area contributed by atoms with E-state index in [0.29, 0.717) is 17.2 Å². The molecule has 0 unspecified atom stereocenters. The van der Waals surface area contributed by atoms with Crippen LogP contribution < -0.4 is 5.73 Å². The fourth-order valence-corrected chi connectivity index (χ4v) is 1.55. The van der Waals surface area contributed by atoms with Gasteiger partial charge >= 0.3 is 0 Å². The third-order valence-corrected chi connectivity index (χ3v) is 2.48. The van der Waals surface area contributed by atoms with Crippen LogP contribution in [0.3, 0.4) is 0 Å². The zero-order valence-corrected chi connectivity index (χ0v) is 8.17. The molecule has 0 spiro atoms. The summed E-state index contributed by atoms with van der Waals surface area (Å²) in [5.74, 6) is 0.0327. The molecule has 0 atom stereocenters. The average Bonchev–Trinajstić information content (AvgIpc) is 2.48. The molecular formula is C7H11N3O3S. The molecule has 7 heteroatoms. The van der Waals surface area contributed by atoms with Gasteiger partial charge in [-0.3, -0.25) is 9.89 Å². The lowest BCUT2D eigenvalue weighted by molar-refractivity contribution is 0.0993. The van der Waals surface area contributed by atoms with E-state index in [9.17, 15) is 9.90 Å². The maximum atomic E-state index is 10.7. The molecule has 0 aliphatic rings. The van der Waals surface area contributed by atoms with Crippen molar-refractivity contribution in [2.75, 3.05) is 12.4 Å². The summed E-state index contributed by atoms with van der Waals surface area (Å²) in [5.41, 5.74) is 5.26. The number of aromatic hydroxyl groups is 1. The van der Waals surface area contributed by atoms with Crippen LogP contribution in [0.25, 0.3) is 0 Å². The van der Waals surface area contributed by atoms with Gasteiger partial charge in [0.25, 0.3) is 5.91 Å². The first-order chi connectivity index (χ1) is 6.66. The molecule has 14 heavy (non-hydrogen) atoms. The molecule has 0 aliphatic carbocycles. The molecule has 0 aromatic carbocycles. The molecule has 0 aliphatic heterocycles. The maximum Gasteiger partial charge on any atom is 0.270 e. The fraction of sp³-hybridized carbons (Fsp3) is 0.429. The summed E-state index contributed by atoms with van der Waals surface area (Å²) >= 11 is 1.40. The van der Waals surface area contributed by atoms with Crippen LogP contribution in [0.15, 0.2) is 0 Å². The van der Waals surface area contributed by atoms with Gasteiger partial charge in [-0.25, -0.2) is 0 Å². The van der Waals surface area contributed by atoms with Gasteiger partial charge in [-0.2, -0.15) is 16.9 Å². The lowest BCUT2D eigenvalue weighted by Gasteiger charge is -1.96. The van der Waals surface area contributed by atoms with Crippen LogP contribution >= 0.6 is 11.8 Å². The van der Waals surface area contributed by atoms with Crippen molar-refractivity contribution in [1.82, 2.24) is 10.2 Å². The zero-order chi connectivity index (χ0) is 10.6. The first-order valence-corrected chi connectivity index (χ1v) is 5.07. The average molecular weight is 217 g/mol. The smallest absolute Gasteiger partial charge is 0.270 e. The normalized spacial score (nSPS) is 10.4. The van der Waals surface area contributed by atoms with Crippen molar-refractivity contribution in [3.63, 3.8) is 0 Å². The van der Waals surface area contributed by atoms with Crippen molar-refractivity contribution in [2.24, 2.45) is 5.73 Å². The number of aliphatic hydroxyl groups excluding tert-OH is 1. The summed E-state index contributed by atoms with van der Waals surface area (Å²) in [7, 11) is 0. The highest BCUT2D eigenvalue weighted by atomic mass is 32.2. The lowest BCUT2D eigenvalue weighted by Crippen LogP contribution is -2.11. The predicted octanol–water partition coefficient (Wildman–Crippen LogP) is -0.560. The highest BCUT2D eigenvalue weighted by Crippen LogP contribution is 2.22. The minimum Gasteiger partial charge on any atom is -0.504 e. The molecule has 1 aromatic heterocycles. The van der Waals surface area contributed by atoms with E-state index in [2.05, 4.69) is 10.2 Å². The zero-order valence-electron chi connectivity index (χ0n) is 7.36. The topological polar surface area (TPSA) is 112 Å². The Morgan fingerprint density at radius 1 is 1.64 bits per heavy atom. The Morgan fingerprint density at radius 3 is 2.86 bits per heavy atom. The predicted molar refractivity (Wildman–Crippen MR) is 52.0 cm³/mol. The van der Waals surface area contributed by atoms with Gasteiger partial charge in [0.15, 0.2) is 11.4 Å². The van der Waals surface area contributed by atoms with Crippen molar-refractivity contribution >= 4 is 17.7 Å². The van der Waals surface area contributed by atoms with E-state index < -0.39 is 5.91 Å². The molecule has 1 rings (SSSR count). The van der Waals surface area contributed by atoms with Crippen molar-refractivity contribution in [1.29, 1.82) is 0 Å². The van der Waals surface area contributed by atoms with Gasteiger partial charge in [0, 0.05) is 11.5 Å². The second-order valence-electron chi connectivity index (χ2n) is 2.53. The number of hydrogen-bond acceptors (Lipinski definition) is 5. The molecule has 6 nitrogen and oxygen atoms in total. The number of carbonyl (C=O) groups excluding carboxylic acids is 1. The maximum absolute atomic E-state index is 10.7. The Labute approximate surface area is 84.5 Å². The number of H-pyrrole nitrogens is 1. The third-order valence-electron chi connectivity index (χ3n) is 1.53. The van der Waals surface area contributed by atoms with E-state index in [0.717, 1.165) is 0 Å². The van der Waals surface area contributed by atoms with E-state index in [1.54, 1.807) is 0 Å². The number of nitrogens with zero attached hydrogens (tertiary/aromatic N) is 1. The van der Waals surface area contributed by atoms with Crippen molar-refractivity contribution in [2.45, 2.75) is 5.75 Å². The number of carbonyl (C=O) groups is 1. The lowest BCUT2D eigenvalue weighted by atomic mass is 10.3. The highest BCUT2D eigenvalue weighted by Gasteiger charge is 2.15. The summed E-state index contributed by atoms with van der Waals surface area (Å²) < 4.78 is 0. The van der Waals surface area contributed by atoms with Crippen LogP contribution in [0.4, 0.5) is 0 Å². The second-order valence-corrected chi connectivity index (χ2v) is 3.64. The van der Waals surface area contributed by atoms with Gasteiger partial charge in [0.05, 0.1) is 6.61 Å². The minimum atomic E-state index is -0.742. The van der Waals surface area contributed by atoms with Gasteiger partial charge in [-0.05, 0) is 0 Å². The largest absolute Gasteiger partial charge is 0.504 e. The van der Waals surface area contributed by atoms with Crippen LogP contribution in [0.1, 0.15) is 16.2 Å². The number of aromatic amines is 1. The van der Waals surface area contributed by atoms with Crippen molar-refractivity contribution in [3.05, 3.63) is 11.4 Å². The van der Waals surface area contributed by atoms with Crippen LogP contribution in [0.2, 0.25) is 0 Å². The highest BCUT2D eigenvalue weighted by molar-refractivity contribution is 7.98. The molecule has 1 aromatic rings. The fourth-order valence-electron chi connectivity index (χ4n) is 0.879. The Kier molecular flexibility index (Phi) is 3.78. The van der Waals surface area contributed by atoms with Crippen molar-refractivity contribution < 1.29 is 15.0 Å². The van der Waals surface area contributed by atoms with Gasteiger partial charge < -0.3 is 15.9 Å². The Morgan fingerprint density at radius 2 is 2.36 bits per heavy atom. The summed E-state index contributed by atoms with van der Waals surface area (Å²) in [5, 5.41) is 24.0. The number of hydrogen-bond donors (Lipinski definition) is 4. The Hall–Kier alpha value is -1.21. The van der Waals surface area contributed by atoms with Crippen LogP contribution in [0.5, 0.6) is 5.75 Å². The first kappa shape index (κ1) is 10.9. The van der Waals surface area contributed by atoms with Crippen LogP contribution in [0, 0.1) is 0 Å². The number of rotatable bonds is 5. The number of primary amides is 1. The molecule has 0 bridgehead atoms. The number of aromatic nitrogens is 2. The number of thioether (sulfide) groups is 1. The van der Waals surface area contributed by atoms with E-state index in [1.165, 1.54) is 11.8 Å². The van der Waals surface area contributed by atoms with Gasteiger partial charge in [0.1, 0.15) is 5.69 Å². The summed E-state index contributed by atoms with van der Waals surface area (Å²) in [6.45, 7) is 0.0680.